The molecule has 0 aliphatic carbocycles. The topological polar surface area (TPSA) is 78.4 Å². The van der Waals surface area contributed by atoms with Crippen LogP contribution in [0.25, 0.3) is 0 Å². The highest BCUT2D eigenvalue weighted by atomic mass is 16.2. The summed E-state index contributed by atoms with van der Waals surface area (Å²) in [5.41, 5.74) is 1.64. The van der Waals surface area contributed by atoms with Crippen LogP contribution in [0.1, 0.15) is 55.6 Å². The Bertz CT molecular complexity index is 822. The molecule has 2 aromatic rings. The molecule has 7 nitrogen and oxygen atoms in total. The molecule has 2 heterocycles. The third-order valence-electron chi connectivity index (χ3n) is 5.95. The van der Waals surface area contributed by atoms with E-state index in [2.05, 4.69) is 44.5 Å². The van der Waals surface area contributed by atoms with Crippen molar-refractivity contribution in [3.8, 4) is 0 Å². The van der Waals surface area contributed by atoms with Crippen LogP contribution in [0.4, 0.5) is 0 Å². The van der Waals surface area contributed by atoms with Crippen LogP contribution in [0.2, 0.25) is 0 Å². The monoisotopic (exact) mass is 423 g/mol. The van der Waals surface area contributed by atoms with Gasteiger partial charge < -0.3 is 10.2 Å². The lowest BCUT2D eigenvalue weighted by Crippen LogP contribution is -2.46. The zero-order valence-corrected chi connectivity index (χ0v) is 18.5. The molecule has 1 N–H and O–H groups in total. The number of hydrogen-bond donors (Lipinski definition) is 1. The van der Waals surface area contributed by atoms with E-state index in [0.717, 1.165) is 38.9 Å². The third-order valence-corrected chi connectivity index (χ3v) is 5.95. The molecule has 0 saturated carbocycles. The molecule has 1 unspecified atom stereocenters. The zero-order valence-electron chi connectivity index (χ0n) is 18.5. The van der Waals surface area contributed by atoms with Gasteiger partial charge in [0, 0.05) is 57.1 Å². The quantitative estimate of drug-likeness (QED) is 0.671. The van der Waals surface area contributed by atoms with E-state index < -0.39 is 0 Å². The summed E-state index contributed by atoms with van der Waals surface area (Å²) in [6.07, 6.45) is 7.54. The fourth-order valence-electron chi connectivity index (χ4n) is 3.90. The van der Waals surface area contributed by atoms with Crippen LogP contribution in [0.15, 0.2) is 48.9 Å². The second-order valence-corrected chi connectivity index (χ2v) is 8.20. The molecule has 0 radical (unpaired) electrons. The van der Waals surface area contributed by atoms with E-state index >= 15 is 0 Å². The van der Waals surface area contributed by atoms with Crippen molar-refractivity contribution in [3.63, 3.8) is 0 Å². The van der Waals surface area contributed by atoms with E-state index in [1.165, 1.54) is 18.0 Å². The number of carbonyl (C=O) groups excluding carboxylic acids is 2. The van der Waals surface area contributed by atoms with Gasteiger partial charge in [-0.3, -0.25) is 19.5 Å². The summed E-state index contributed by atoms with van der Waals surface area (Å²) in [6, 6.07) is 10.7. The molecule has 2 amide bonds. The van der Waals surface area contributed by atoms with Crippen LogP contribution in [0.5, 0.6) is 0 Å². The van der Waals surface area contributed by atoms with E-state index in [0.29, 0.717) is 18.7 Å². The van der Waals surface area contributed by atoms with E-state index in [9.17, 15) is 9.59 Å². The van der Waals surface area contributed by atoms with Crippen LogP contribution in [-0.2, 0) is 11.3 Å². The Balaban J connectivity index is 1.44. The first-order valence-corrected chi connectivity index (χ1v) is 11.2. The number of carbonyl (C=O) groups is 2. The maximum Gasteiger partial charge on any atom is 0.274 e. The van der Waals surface area contributed by atoms with Crippen LogP contribution >= 0.6 is 0 Å². The summed E-state index contributed by atoms with van der Waals surface area (Å²) in [5.74, 6) is -0.175. The molecular weight excluding hydrogens is 390 g/mol. The fourth-order valence-corrected chi connectivity index (χ4v) is 3.90. The van der Waals surface area contributed by atoms with E-state index in [4.69, 9.17) is 0 Å². The first-order valence-electron chi connectivity index (χ1n) is 11.2. The second-order valence-electron chi connectivity index (χ2n) is 8.20. The van der Waals surface area contributed by atoms with Crippen LogP contribution < -0.4 is 5.32 Å². The van der Waals surface area contributed by atoms with Gasteiger partial charge in [0.15, 0.2) is 0 Å². The number of amides is 2. The number of likely N-dealkylation sites (tertiary alicyclic amines) is 1. The number of hydrogen-bond acceptors (Lipinski definition) is 5. The molecule has 166 valence electrons. The molecule has 1 aliphatic rings. The summed E-state index contributed by atoms with van der Waals surface area (Å²) in [6.45, 7) is 7.31. The first-order chi connectivity index (χ1) is 15.1. The predicted octanol–water partition coefficient (Wildman–Crippen LogP) is 2.89. The maximum atomic E-state index is 12.8. The van der Waals surface area contributed by atoms with E-state index in [1.807, 2.05) is 19.9 Å². The molecular formula is C24H33N5O2. The van der Waals surface area contributed by atoms with Gasteiger partial charge in [0.05, 0.1) is 6.20 Å². The summed E-state index contributed by atoms with van der Waals surface area (Å²) < 4.78 is 0. The Morgan fingerprint density at radius 3 is 2.58 bits per heavy atom. The Labute approximate surface area is 184 Å². The highest BCUT2D eigenvalue weighted by molar-refractivity contribution is 5.92. The molecule has 1 aromatic carbocycles. The summed E-state index contributed by atoms with van der Waals surface area (Å²) in [4.78, 5) is 37.6. The highest BCUT2D eigenvalue weighted by Crippen LogP contribution is 2.14. The standard InChI is InChI=1S/C24H33N5O2/c1-3-19(2)29(24(31)22-17-25-12-13-26-22)16-11-23(30)27-21-9-14-28(15-10-21)18-20-7-5-4-6-8-20/h4-8,12-13,17,19,21H,3,9-11,14-16,18H2,1-2H3,(H,27,30). The van der Waals surface area contributed by atoms with Crippen LogP contribution in [0, 0.1) is 0 Å². The normalized spacial score (nSPS) is 15.9. The second kappa shape index (κ2) is 11.6. The number of benzene rings is 1. The van der Waals surface area contributed by atoms with Crippen molar-refractivity contribution in [2.75, 3.05) is 19.6 Å². The van der Waals surface area contributed by atoms with Crippen molar-refractivity contribution in [3.05, 3.63) is 60.2 Å². The van der Waals surface area contributed by atoms with Crippen molar-refractivity contribution in [1.82, 2.24) is 25.1 Å². The van der Waals surface area contributed by atoms with Gasteiger partial charge in [0.25, 0.3) is 5.91 Å². The molecule has 7 heteroatoms. The van der Waals surface area contributed by atoms with Gasteiger partial charge in [0.1, 0.15) is 5.69 Å². The number of nitrogens with one attached hydrogen (secondary N) is 1. The number of aromatic nitrogens is 2. The van der Waals surface area contributed by atoms with E-state index in [-0.39, 0.29) is 23.9 Å². The van der Waals surface area contributed by atoms with Crippen molar-refractivity contribution in [1.29, 1.82) is 0 Å². The van der Waals surface area contributed by atoms with E-state index in [1.54, 1.807) is 11.1 Å². The third kappa shape index (κ3) is 6.85. The predicted molar refractivity (Wildman–Crippen MR) is 120 cm³/mol. The molecule has 1 saturated heterocycles. The molecule has 3 rings (SSSR count). The highest BCUT2D eigenvalue weighted by Gasteiger charge is 2.24. The summed E-state index contributed by atoms with van der Waals surface area (Å²) in [7, 11) is 0. The molecule has 0 spiro atoms. The molecule has 1 aliphatic heterocycles. The Morgan fingerprint density at radius 2 is 1.94 bits per heavy atom. The van der Waals surface area contributed by atoms with Crippen molar-refractivity contribution in [2.24, 2.45) is 0 Å². The summed E-state index contributed by atoms with van der Waals surface area (Å²) >= 11 is 0. The van der Waals surface area contributed by atoms with Crippen LogP contribution in [0.3, 0.4) is 0 Å². The smallest absolute Gasteiger partial charge is 0.274 e. The van der Waals surface area contributed by atoms with Gasteiger partial charge in [-0.2, -0.15) is 0 Å². The van der Waals surface area contributed by atoms with Gasteiger partial charge in [-0.15, -0.1) is 0 Å². The summed E-state index contributed by atoms with van der Waals surface area (Å²) in [5, 5.41) is 3.16. The minimum atomic E-state index is -0.176. The minimum Gasteiger partial charge on any atom is -0.353 e. The maximum absolute atomic E-state index is 12.8. The van der Waals surface area contributed by atoms with Crippen molar-refractivity contribution >= 4 is 11.8 Å². The average molecular weight is 424 g/mol. The lowest BCUT2D eigenvalue weighted by molar-refractivity contribution is -0.122. The molecule has 1 atom stereocenters. The Hall–Kier alpha value is -2.80. The molecule has 1 fully saturated rings. The zero-order chi connectivity index (χ0) is 22.1. The molecule has 0 bridgehead atoms. The van der Waals surface area contributed by atoms with Gasteiger partial charge in [-0.25, -0.2) is 4.98 Å². The largest absolute Gasteiger partial charge is 0.353 e. The van der Waals surface area contributed by atoms with Crippen molar-refractivity contribution in [2.45, 2.75) is 58.2 Å². The Kier molecular flexibility index (Phi) is 8.53. The van der Waals surface area contributed by atoms with Gasteiger partial charge in [-0.05, 0) is 31.7 Å². The SMILES string of the molecule is CCC(C)N(CCC(=O)NC1CCN(Cc2ccccc2)CC1)C(=O)c1cnccn1. The van der Waals surface area contributed by atoms with Crippen molar-refractivity contribution < 1.29 is 9.59 Å². The number of piperidine rings is 1. The number of nitrogens with zero attached hydrogens (tertiary/aromatic N) is 4. The lowest BCUT2D eigenvalue weighted by Gasteiger charge is -2.33. The lowest BCUT2D eigenvalue weighted by atomic mass is 10.0. The molecule has 1 aromatic heterocycles. The number of rotatable bonds is 9. The van der Waals surface area contributed by atoms with Gasteiger partial charge in [0.2, 0.25) is 5.91 Å². The van der Waals surface area contributed by atoms with Gasteiger partial charge in [-0.1, -0.05) is 37.3 Å². The fraction of sp³-hybridized carbons (Fsp3) is 0.500. The minimum absolute atomic E-state index is 0.00163. The molecule has 31 heavy (non-hydrogen) atoms. The van der Waals surface area contributed by atoms with Gasteiger partial charge >= 0.3 is 0 Å². The van der Waals surface area contributed by atoms with Crippen LogP contribution in [-0.4, -0.2) is 63.3 Å². The average Bonchev–Trinajstić information content (AvgIpc) is 2.81. The Morgan fingerprint density at radius 1 is 1.19 bits per heavy atom. The first kappa shape index (κ1) is 22.9.